The van der Waals surface area contributed by atoms with Crippen LogP contribution >= 0.6 is 0 Å². The summed E-state index contributed by atoms with van der Waals surface area (Å²) in [5.74, 6) is 0.735. The highest BCUT2D eigenvalue weighted by molar-refractivity contribution is 5.89. The second-order valence-corrected chi connectivity index (χ2v) is 10.1. The number of amides is 2. The number of carbonyl (C=O) groups is 2. The number of hydrogen-bond donors (Lipinski definition) is 1. The molecular formula is C30H31N5O5. The van der Waals surface area contributed by atoms with Crippen molar-refractivity contribution in [3.63, 3.8) is 0 Å². The van der Waals surface area contributed by atoms with Crippen LogP contribution in [0.2, 0.25) is 0 Å². The minimum atomic E-state index is -0.879. The van der Waals surface area contributed by atoms with E-state index >= 15 is 0 Å². The first-order valence-corrected chi connectivity index (χ1v) is 13.5. The number of aryl methyl sites for hydroxylation is 1. The molecule has 1 fully saturated rings. The van der Waals surface area contributed by atoms with Gasteiger partial charge >= 0.3 is 0 Å². The number of rotatable bonds is 9. The van der Waals surface area contributed by atoms with Gasteiger partial charge in [-0.1, -0.05) is 47.7 Å². The summed E-state index contributed by atoms with van der Waals surface area (Å²) in [5.41, 5.74) is 3.92. The predicted octanol–water partition coefficient (Wildman–Crippen LogP) is 3.53. The molecule has 0 aliphatic carbocycles. The van der Waals surface area contributed by atoms with Gasteiger partial charge in [0.15, 0.2) is 11.5 Å². The van der Waals surface area contributed by atoms with Crippen molar-refractivity contribution in [2.75, 3.05) is 19.9 Å². The van der Waals surface area contributed by atoms with Crippen molar-refractivity contribution in [2.45, 2.75) is 45.0 Å². The minimum absolute atomic E-state index is 0.0269. The van der Waals surface area contributed by atoms with Crippen molar-refractivity contribution in [1.29, 1.82) is 0 Å². The number of nitrogens with one attached hydrogen (secondary N) is 1. The molecule has 2 aliphatic heterocycles. The zero-order valence-corrected chi connectivity index (χ0v) is 22.3. The van der Waals surface area contributed by atoms with Gasteiger partial charge in [-0.2, -0.15) is 0 Å². The molecule has 2 atom stereocenters. The van der Waals surface area contributed by atoms with Crippen LogP contribution in [0.25, 0.3) is 11.0 Å². The molecule has 0 spiro atoms. The molecule has 0 saturated carbocycles. The van der Waals surface area contributed by atoms with E-state index in [1.807, 2.05) is 73.7 Å². The van der Waals surface area contributed by atoms with E-state index in [2.05, 4.69) is 15.6 Å². The molecule has 206 valence electrons. The SMILES string of the molecule is Cc1ccccc1[C@@H](C(=O)NC[C@H]1CCCO1)N(Cc1ccc2c(c1)OCO2)C(=O)Cn1nnc2ccccc21. The lowest BCUT2D eigenvalue weighted by atomic mass is 9.98. The van der Waals surface area contributed by atoms with Gasteiger partial charge in [-0.05, 0) is 60.7 Å². The van der Waals surface area contributed by atoms with Gasteiger partial charge in [-0.3, -0.25) is 9.59 Å². The molecule has 3 aromatic carbocycles. The van der Waals surface area contributed by atoms with Crippen LogP contribution in [0.4, 0.5) is 0 Å². The number of hydrogen-bond acceptors (Lipinski definition) is 7. The third-order valence-corrected chi connectivity index (χ3v) is 7.39. The van der Waals surface area contributed by atoms with Crippen LogP contribution in [0, 0.1) is 6.92 Å². The van der Waals surface area contributed by atoms with Gasteiger partial charge in [0.1, 0.15) is 18.1 Å². The van der Waals surface area contributed by atoms with Gasteiger partial charge in [0.2, 0.25) is 18.6 Å². The number of para-hydroxylation sites is 1. The highest BCUT2D eigenvalue weighted by Gasteiger charge is 2.34. The number of ether oxygens (including phenoxy) is 3. The fourth-order valence-corrected chi connectivity index (χ4v) is 5.27. The summed E-state index contributed by atoms with van der Waals surface area (Å²) >= 11 is 0. The Morgan fingerprint density at radius 3 is 2.75 bits per heavy atom. The molecule has 1 saturated heterocycles. The summed E-state index contributed by atoms with van der Waals surface area (Å²) in [6.45, 7) is 3.28. The average Bonchev–Trinajstić information content (AvgIpc) is 3.74. The third-order valence-electron chi connectivity index (χ3n) is 7.39. The molecule has 10 nitrogen and oxygen atoms in total. The van der Waals surface area contributed by atoms with Gasteiger partial charge in [-0.15, -0.1) is 5.10 Å². The smallest absolute Gasteiger partial charge is 0.247 e. The molecule has 10 heteroatoms. The fourth-order valence-electron chi connectivity index (χ4n) is 5.27. The topological polar surface area (TPSA) is 108 Å². The van der Waals surface area contributed by atoms with Crippen molar-refractivity contribution in [2.24, 2.45) is 0 Å². The van der Waals surface area contributed by atoms with Gasteiger partial charge in [0.25, 0.3) is 0 Å². The summed E-state index contributed by atoms with van der Waals surface area (Å²) in [6.07, 6.45) is 1.85. The van der Waals surface area contributed by atoms with Gasteiger partial charge < -0.3 is 24.4 Å². The Morgan fingerprint density at radius 2 is 1.90 bits per heavy atom. The van der Waals surface area contributed by atoms with E-state index in [4.69, 9.17) is 14.2 Å². The number of aromatic nitrogens is 3. The molecule has 0 radical (unpaired) electrons. The highest BCUT2D eigenvalue weighted by atomic mass is 16.7. The van der Waals surface area contributed by atoms with E-state index in [0.717, 1.165) is 35.0 Å². The largest absolute Gasteiger partial charge is 0.454 e. The summed E-state index contributed by atoms with van der Waals surface area (Å²) < 4.78 is 18.4. The second kappa shape index (κ2) is 11.4. The Morgan fingerprint density at radius 1 is 1.07 bits per heavy atom. The molecule has 0 bridgehead atoms. The van der Waals surface area contributed by atoms with E-state index in [1.54, 1.807) is 9.58 Å². The third kappa shape index (κ3) is 5.35. The van der Waals surface area contributed by atoms with Crippen LogP contribution in [0.3, 0.4) is 0 Å². The van der Waals surface area contributed by atoms with Crippen molar-refractivity contribution in [1.82, 2.24) is 25.2 Å². The van der Waals surface area contributed by atoms with Crippen LogP contribution in [0.15, 0.2) is 66.7 Å². The molecule has 6 rings (SSSR count). The van der Waals surface area contributed by atoms with E-state index in [0.29, 0.717) is 30.2 Å². The number of carbonyl (C=O) groups excluding carboxylic acids is 2. The summed E-state index contributed by atoms with van der Waals surface area (Å²) in [4.78, 5) is 29.7. The molecule has 1 aromatic heterocycles. The average molecular weight is 542 g/mol. The standard InChI is InChI=1S/C30H31N5O5/c1-20-7-2-3-9-23(20)29(30(37)31-16-22-8-6-14-38-22)34(17-21-12-13-26-27(15-21)40-19-39-26)28(36)18-35-25-11-5-4-10-24(25)32-33-35/h2-5,7,9-13,15,22,29H,6,8,14,16-19H2,1H3,(H,31,37)/t22-,29+/m1/s1. The van der Waals surface area contributed by atoms with Crippen molar-refractivity contribution in [3.8, 4) is 11.5 Å². The lowest BCUT2D eigenvalue weighted by Crippen LogP contribution is -2.46. The quantitative estimate of drug-likeness (QED) is 0.345. The van der Waals surface area contributed by atoms with Crippen LogP contribution in [-0.2, 0) is 27.4 Å². The first-order valence-electron chi connectivity index (χ1n) is 13.5. The van der Waals surface area contributed by atoms with Crippen LogP contribution in [-0.4, -0.2) is 57.8 Å². The molecule has 0 unspecified atom stereocenters. The summed E-state index contributed by atoms with van der Waals surface area (Å²) in [6, 6.07) is 19.8. The van der Waals surface area contributed by atoms with Gasteiger partial charge in [0, 0.05) is 19.7 Å². The Labute approximate surface area is 231 Å². The van der Waals surface area contributed by atoms with Crippen LogP contribution in [0.1, 0.15) is 35.6 Å². The lowest BCUT2D eigenvalue weighted by Gasteiger charge is -2.32. The van der Waals surface area contributed by atoms with Crippen molar-refractivity contribution in [3.05, 3.63) is 83.4 Å². The maximum Gasteiger partial charge on any atom is 0.247 e. The molecule has 4 aromatic rings. The predicted molar refractivity (Wildman–Crippen MR) is 147 cm³/mol. The van der Waals surface area contributed by atoms with Gasteiger partial charge in [-0.25, -0.2) is 4.68 Å². The zero-order valence-electron chi connectivity index (χ0n) is 22.3. The van der Waals surface area contributed by atoms with E-state index < -0.39 is 6.04 Å². The Hall–Kier alpha value is -4.44. The van der Waals surface area contributed by atoms with E-state index in [9.17, 15) is 9.59 Å². The molecule has 1 N–H and O–H groups in total. The first-order chi connectivity index (χ1) is 19.6. The van der Waals surface area contributed by atoms with Crippen LogP contribution < -0.4 is 14.8 Å². The second-order valence-electron chi connectivity index (χ2n) is 10.1. The van der Waals surface area contributed by atoms with Crippen molar-refractivity contribution >= 4 is 22.8 Å². The highest BCUT2D eigenvalue weighted by Crippen LogP contribution is 2.34. The number of fused-ring (bicyclic) bond motifs is 2. The molecule has 40 heavy (non-hydrogen) atoms. The maximum atomic E-state index is 14.2. The van der Waals surface area contributed by atoms with Crippen molar-refractivity contribution < 1.29 is 23.8 Å². The molecular weight excluding hydrogens is 510 g/mol. The zero-order chi connectivity index (χ0) is 27.5. The normalized spacial score (nSPS) is 16.7. The molecule has 3 heterocycles. The Balaban J connectivity index is 1.36. The van der Waals surface area contributed by atoms with Crippen LogP contribution in [0.5, 0.6) is 11.5 Å². The Kier molecular flexibility index (Phi) is 7.33. The Bertz CT molecular complexity index is 1530. The maximum absolute atomic E-state index is 14.2. The van der Waals surface area contributed by atoms with Gasteiger partial charge in [0.05, 0.1) is 11.6 Å². The number of nitrogens with zero attached hydrogens (tertiary/aromatic N) is 4. The monoisotopic (exact) mass is 541 g/mol. The number of benzene rings is 3. The minimum Gasteiger partial charge on any atom is -0.454 e. The van der Waals surface area contributed by atoms with E-state index in [-0.39, 0.29) is 37.8 Å². The summed E-state index contributed by atoms with van der Waals surface area (Å²) in [7, 11) is 0. The molecule has 2 amide bonds. The van der Waals surface area contributed by atoms with E-state index in [1.165, 1.54) is 0 Å². The summed E-state index contributed by atoms with van der Waals surface area (Å²) in [5, 5.41) is 11.5. The molecule has 2 aliphatic rings. The lowest BCUT2D eigenvalue weighted by molar-refractivity contribution is -0.142. The fraction of sp³-hybridized carbons (Fsp3) is 0.333. The first kappa shape index (κ1) is 25.8.